The van der Waals surface area contributed by atoms with Crippen LogP contribution < -0.4 is 0 Å². The Hall–Kier alpha value is 0.0200. The molecule has 74 heavy (non-hydrogen) atoms. The Morgan fingerprint density at radius 1 is 0.297 bits per heavy atom. The average Bonchev–Trinajstić information content (AvgIpc) is 3.33. The summed E-state index contributed by atoms with van der Waals surface area (Å²) in [6, 6.07) is 0. The maximum absolute atomic E-state index is 7.59. The van der Waals surface area contributed by atoms with E-state index in [0.717, 1.165) is 117 Å². The van der Waals surface area contributed by atoms with Crippen LogP contribution in [-0.2, 0) is 56.8 Å². The van der Waals surface area contributed by atoms with E-state index in [-0.39, 0.29) is 65.7 Å². The first-order valence-electron chi connectivity index (χ1n) is 27.9. The zero-order chi connectivity index (χ0) is 53.3. The van der Waals surface area contributed by atoms with Crippen molar-refractivity contribution < 1.29 is 56.8 Å². The van der Waals surface area contributed by atoms with E-state index in [4.69, 9.17) is 56.8 Å². The van der Waals surface area contributed by atoms with Gasteiger partial charge in [0.15, 0.2) is 0 Å². The molecule has 0 N–H and O–H groups in total. The summed E-state index contributed by atoms with van der Waals surface area (Å²) < 4.78 is 90.6. The molecule has 6 heterocycles. The fourth-order valence-corrected chi connectivity index (χ4v) is 30.8. The van der Waals surface area contributed by atoms with E-state index in [1.165, 1.54) is 0 Å². The first kappa shape index (κ1) is 64.8. The molecule has 8 bridgehead atoms. The van der Waals surface area contributed by atoms with Crippen LogP contribution in [0.1, 0.15) is 203 Å². The molecule has 0 aromatic heterocycles. The summed E-state index contributed by atoms with van der Waals surface area (Å²) in [6.45, 7) is 14.8. The van der Waals surface area contributed by atoms with Crippen LogP contribution in [0.2, 0.25) is 0 Å². The lowest BCUT2D eigenvalue weighted by atomic mass is 10.1. The Morgan fingerprint density at radius 2 is 0.500 bits per heavy atom. The molecule has 0 saturated carbocycles. The molecule has 6 aliphatic heterocycles. The molecule has 0 aromatic carbocycles. The molecule has 420 valence electrons. The summed E-state index contributed by atoms with van der Waals surface area (Å²) in [4.78, 5) is 0. The van der Waals surface area contributed by atoms with Crippen molar-refractivity contribution in [1.29, 1.82) is 0 Å². The highest BCUT2D eigenvalue weighted by Crippen LogP contribution is 2.88. The van der Waals surface area contributed by atoms with Gasteiger partial charge in [0, 0.05) is 51.4 Å². The van der Waals surface area contributed by atoms with E-state index in [2.05, 4.69) is 124 Å². The molecular formula is C56H94O12P6. The third kappa shape index (κ3) is 19.3. The van der Waals surface area contributed by atoms with Gasteiger partial charge in [-0.2, -0.15) is 0 Å². The maximum Gasteiger partial charge on any atom is 0.299 e. The van der Waals surface area contributed by atoms with Gasteiger partial charge in [-0.1, -0.05) is 205 Å². The van der Waals surface area contributed by atoms with Crippen LogP contribution in [0.3, 0.4) is 0 Å². The fraction of sp³-hybridized carbons (Fsp3) is 0.714. The molecule has 0 aromatic rings. The highest BCUT2D eigenvalue weighted by Gasteiger charge is 2.76. The van der Waals surface area contributed by atoms with Crippen LogP contribution in [0.15, 0.2) is 97.2 Å². The number of hydrogen-bond acceptors (Lipinski definition) is 12. The smallest absolute Gasteiger partial charge is 0.269 e. The van der Waals surface area contributed by atoms with Crippen LogP contribution in [0.4, 0.5) is 0 Å². The molecule has 18 heteroatoms. The molecule has 12 nitrogen and oxygen atoms in total. The van der Waals surface area contributed by atoms with Crippen molar-refractivity contribution in [3.8, 4) is 0 Å². The van der Waals surface area contributed by atoms with Crippen molar-refractivity contribution in [2.45, 2.75) is 250 Å². The van der Waals surface area contributed by atoms with Gasteiger partial charge in [-0.05, 0) is 71.8 Å². The van der Waals surface area contributed by atoms with E-state index in [9.17, 15) is 0 Å². The van der Waals surface area contributed by atoms with Crippen molar-refractivity contribution in [3.63, 3.8) is 0 Å². The van der Waals surface area contributed by atoms with Gasteiger partial charge in [0.05, 0.1) is 0 Å². The Labute approximate surface area is 457 Å². The van der Waals surface area contributed by atoms with Gasteiger partial charge in [-0.15, -0.1) is 26.8 Å². The quantitative estimate of drug-likeness (QED) is 0.0338. The molecule has 9 unspecified atom stereocenters. The van der Waals surface area contributed by atoms with Crippen molar-refractivity contribution in [1.82, 2.24) is 0 Å². The van der Waals surface area contributed by atoms with Crippen LogP contribution in [0.5, 0.6) is 0 Å². The van der Waals surface area contributed by atoms with Crippen LogP contribution >= 0.6 is 49.0 Å². The summed E-state index contributed by atoms with van der Waals surface area (Å²) in [6.07, 6.45) is 48.0. The summed E-state index contributed by atoms with van der Waals surface area (Å²) in [5.74, 6) is -17.0. The van der Waals surface area contributed by atoms with Gasteiger partial charge < -0.3 is 0 Å². The minimum absolute atomic E-state index is 0.0161. The second-order valence-electron chi connectivity index (χ2n) is 19.4. The Balaban J connectivity index is 1.94. The first-order chi connectivity index (χ1) is 35.8. The monoisotopic (exact) mass is 1140 g/mol. The number of rotatable bonds is 36. The second-order valence-corrected chi connectivity index (χ2v) is 38.1. The molecule has 0 radical (unpaired) electrons. The fourth-order valence-electron chi connectivity index (χ4n) is 8.87. The van der Waals surface area contributed by atoms with E-state index in [0.29, 0.717) is 0 Å². The third-order valence-corrected chi connectivity index (χ3v) is 34.8. The zero-order valence-corrected chi connectivity index (χ0v) is 52.2. The molecule has 6 rings (SSSR count). The topological polar surface area (TPSA) is 111 Å². The van der Waals surface area contributed by atoms with Crippen molar-refractivity contribution in [2.24, 2.45) is 0 Å². The average molecular weight is 1150 g/mol. The SMILES string of the molecule is CCCC=CCC12OC3(CC=CCCC)OC4(CC=CCCC)OC(CC=CCCC)(O1)OC1(CC=CCCCC)OC(CC=CCCC)(O2)OC(CC=CCCC)(O3)OC(CC=CCCP(PP)P(P)P)(O4)O1. The lowest BCUT2D eigenvalue weighted by Gasteiger charge is -2.65. The second kappa shape index (κ2) is 32.5. The van der Waals surface area contributed by atoms with E-state index in [1.54, 1.807) is 0 Å². The largest absolute Gasteiger partial charge is 0.299 e. The van der Waals surface area contributed by atoms with E-state index >= 15 is 0 Å². The van der Waals surface area contributed by atoms with Gasteiger partial charge in [0.2, 0.25) is 0 Å². The van der Waals surface area contributed by atoms with Gasteiger partial charge in [0.25, 0.3) is 47.8 Å². The minimum Gasteiger partial charge on any atom is -0.269 e. The lowest BCUT2D eigenvalue weighted by molar-refractivity contribution is -0.789. The number of allylic oxidation sites excluding steroid dienone is 8. The summed E-state index contributed by atoms with van der Waals surface area (Å²) >= 11 is 0. The van der Waals surface area contributed by atoms with Gasteiger partial charge in [-0.25, -0.2) is 0 Å². The van der Waals surface area contributed by atoms with Gasteiger partial charge in [0.1, 0.15) is 0 Å². The highest BCUT2D eigenvalue weighted by atomic mass is 32.9. The standard InChI is InChI=1S/C56H94O12P6/c1-8-15-22-29-37-46-55-64-51(42-33-25-18-11-4)58-49(40-31-23-16-9-2)57-50(41-32-24-17-10-3)60-53(62-51,44-35-27-20-13-6)66-56(68-55,47-38-30-39-48-73(72-69)74(70)71)67-54(61-50,45-36-28-21-14-7)63-52(59-49,65-55)43-34-26-19-12-5/h23-38,72H,8-22,39-48,69-71H2,1-7H3. The molecule has 9 atom stereocenters. The summed E-state index contributed by atoms with van der Waals surface area (Å²) in [7, 11) is 9.67. The first-order valence-corrected chi connectivity index (χ1v) is 38.4. The van der Waals surface area contributed by atoms with Crippen molar-refractivity contribution in [2.75, 3.05) is 6.16 Å². The molecule has 0 aliphatic carbocycles. The lowest BCUT2D eigenvalue weighted by Crippen LogP contribution is -2.79. The Kier molecular flexibility index (Phi) is 28.4. The van der Waals surface area contributed by atoms with Crippen LogP contribution in [0, 0.1) is 0 Å². The molecule has 0 spiro atoms. The Bertz CT molecular complexity index is 1820. The molecule has 6 aliphatic rings. The van der Waals surface area contributed by atoms with Crippen LogP contribution in [-0.4, -0.2) is 53.9 Å². The molecule has 0 amide bonds. The molecular weight excluding hydrogens is 1050 g/mol. The highest BCUT2D eigenvalue weighted by molar-refractivity contribution is 8.87. The van der Waals surface area contributed by atoms with Crippen molar-refractivity contribution >= 4 is 49.0 Å². The van der Waals surface area contributed by atoms with Gasteiger partial charge in [-0.3, -0.25) is 56.8 Å². The zero-order valence-electron chi connectivity index (χ0n) is 45.9. The molecule has 6 saturated heterocycles. The van der Waals surface area contributed by atoms with Gasteiger partial charge >= 0.3 is 0 Å². The van der Waals surface area contributed by atoms with Crippen molar-refractivity contribution in [3.05, 3.63) is 97.2 Å². The summed E-state index contributed by atoms with van der Waals surface area (Å²) in [5, 5.41) is 0. The minimum atomic E-state index is -2.14. The predicted octanol–water partition coefficient (Wildman–Crippen LogP) is 18.3. The number of hydrogen-bond donors (Lipinski definition) is 0. The third-order valence-electron chi connectivity index (χ3n) is 12.4. The molecule has 6 fully saturated rings. The summed E-state index contributed by atoms with van der Waals surface area (Å²) in [5.41, 5.74) is 0. The van der Waals surface area contributed by atoms with E-state index in [1.807, 2.05) is 48.6 Å². The predicted molar refractivity (Wildman–Crippen MR) is 315 cm³/mol. The number of ether oxygens (including phenoxy) is 12. The van der Waals surface area contributed by atoms with E-state index < -0.39 is 47.8 Å². The Morgan fingerprint density at radius 3 is 0.676 bits per heavy atom. The maximum atomic E-state index is 7.59. The normalized spacial score (nSPS) is 34.0. The van der Waals surface area contributed by atoms with Crippen LogP contribution in [0.25, 0.3) is 0 Å². The number of unbranched alkanes of at least 4 members (excludes halogenated alkanes) is 8.